The number of fused-ring (bicyclic) bond motifs is 1. The highest BCUT2D eigenvalue weighted by molar-refractivity contribution is 7.91. The zero-order valence-corrected chi connectivity index (χ0v) is 17.0. The van der Waals surface area contributed by atoms with Gasteiger partial charge in [0.2, 0.25) is 0 Å². The molecule has 0 atom stereocenters. The third kappa shape index (κ3) is 4.02. The molecule has 6 nitrogen and oxygen atoms in total. The van der Waals surface area contributed by atoms with Crippen LogP contribution in [0.5, 0.6) is 0 Å². The molecule has 1 aromatic heterocycles. The van der Waals surface area contributed by atoms with Crippen molar-refractivity contribution in [3.63, 3.8) is 0 Å². The topological polar surface area (TPSA) is 76.6 Å². The van der Waals surface area contributed by atoms with Gasteiger partial charge in [-0.15, -0.1) is 0 Å². The number of carbonyl (C=O) groups is 1. The van der Waals surface area contributed by atoms with E-state index in [2.05, 4.69) is 9.88 Å². The third-order valence-electron chi connectivity index (χ3n) is 4.65. The molecule has 2 aromatic carbocycles. The van der Waals surface area contributed by atoms with Crippen LogP contribution in [0.15, 0.2) is 53.4 Å². The van der Waals surface area contributed by atoms with Gasteiger partial charge in [-0.3, -0.25) is 4.79 Å². The molecule has 0 bridgehead atoms. The minimum Gasteiger partial charge on any atom is -0.459 e. The number of hydrogen-bond acceptors (Lipinski definition) is 7. The van der Waals surface area contributed by atoms with Crippen LogP contribution in [0.2, 0.25) is 0 Å². The molecular weight excluding hydrogens is 396 g/mol. The molecule has 2 heterocycles. The lowest BCUT2D eigenvalue weighted by Gasteiger charge is -2.38. The normalized spacial score (nSPS) is 14.8. The molecule has 1 saturated heterocycles. The second-order valence-electron chi connectivity index (χ2n) is 6.86. The molecule has 4 rings (SSSR count). The fraction of sp³-hybridized carbons (Fsp3) is 0.300. The van der Waals surface area contributed by atoms with E-state index < -0.39 is 15.8 Å². The summed E-state index contributed by atoms with van der Waals surface area (Å²) < 4.78 is 31.2. The van der Waals surface area contributed by atoms with Crippen molar-refractivity contribution in [2.45, 2.75) is 24.3 Å². The Morgan fingerprint density at radius 2 is 1.89 bits per heavy atom. The Kier molecular flexibility index (Phi) is 5.07. The molecule has 0 saturated carbocycles. The van der Waals surface area contributed by atoms with Crippen LogP contribution in [-0.2, 0) is 19.4 Å². The summed E-state index contributed by atoms with van der Waals surface area (Å²) in [5, 5.41) is 0.912. The monoisotopic (exact) mass is 416 g/mol. The van der Waals surface area contributed by atoms with E-state index in [1.807, 2.05) is 31.2 Å². The molecular formula is C20H20N2O4S2. The Hall–Kier alpha value is -2.45. The third-order valence-corrected chi connectivity index (χ3v) is 7.48. The summed E-state index contributed by atoms with van der Waals surface area (Å²) in [4.78, 5) is 18.9. The van der Waals surface area contributed by atoms with E-state index >= 15 is 0 Å². The maximum atomic E-state index is 12.3. The maximum Gasteiger partial charge on any atom is 0.307 e. The van der Waals surface area contributed by atoms with Gasteiger partial charge in [0.15, 0.2) is 15.0 Å². The highest BCUT2D eigenvalue weighted by Crippen LogP contribution is 2.31. The number of nitrogens with zero attached hydrogens (tertiary/aromatic N) is 2. The molecule has 0 spiro atoms. The summed E-state index contributed by atoms with van der Waals surface area (Å²) in [7, 11) is -3.48. The molecule has 28 heavy (non-hydrogen) atoms. The Morgan fingerprint density at radius 1 is 1.18 bits per heavy atom. The second-order valence-corrected chi connectivity index (χ2v) is 9.98. The summed E-state index contributed by atoms with van der Waals surface area (Å²) in [6, 6.07) is 14.6. The molecule has 8 heteroatoms. The van der Waals surface area contributed by atoms with E-state index in [0.717, 1.165) is 20.9 Å². The number of esters is 1. The first kappa shape index (κ1) is 18.9. The summed E-state index contributed by atoms with van der Waals surface area (Å²) >= 11 is 1.61. The van der Waals surface area contributed by atoms with Gasteiger partial charge in [0.05, 0.1) is 40.4 Å². The van der Waals surface area contributed by atoms with E-state index in [4.69, 9.17) is 4.74 Å². The van der Waals surface area contributed by atoms with E-state index in [1.165, 1.54) is 0 Å². The fourth-order valence-corrected chi connectivity index (χ4v) is 5.20. The van der Waals surface area contributed by atoms with E-state index in [0.29, 0.717) is 13.1 Å². The van der Waals surface area contributed by atoms with Gasteiger partial charge in [0.1, 0.15) is 6.10 Å². The number of thiazole rings is 1. The number of rotatable bonds is 6. The first-order chi connectivity index (χ1) is 13.4. The molecule has 3 aromatic rings. The molecule has 0 amide bonds. The molecule has 0 N–H and O–H groups in total. The first-order valence-electron chi connectivity index (χ1n) is 9.00. The van der Waals surface area contributed by atoms with Crippen molar-refractivity contribution in [2.24, 2.45) is 0 Å². The Morgan fingerprint density at radius 3 is 2.61 bits per heavy atom. The number of carbonyl (C=O) groups excluding carboxylic acids is 1. The van der Waals surface area contributed by atoms with Crippen LogP contribution in [0.3, 0.4) is 0 Å². The Labute approximate surface area is 167 Å². The number of para-hydroxylation sites is 1. The minimum atomic E-state index is -3.48. The van der Waals surface area contributed by atoms with Gasteiger partial charge in [-0.05, 0) is 31.2 Å². The summed E-state index contributed by atoms with van der Waals surface area (Å²) in [6.07, 6.45) is -0.366. The number of hydrogen-bond donors (Lipinski definition) is 0. The minimum absolute atomic E-state index is 0.145. The molecule has 1 aliphatic rings. The maximum absolute atomic E-state index is 12.3. The van der Waals surface area contributed by atoms with E-state index in [1.54, 1.807) is 35.6 Å². The van der Waals surface area contributed by atoms with Crippen molar-refractivity contribution in [3.05, 3.63) is 54.1 Å². The molecule has 0 radical (unpaired) electrons. The van der Waals surface area contributed by atoms with Gasteiger partial charge in [0, 0.05) is 0 Å². The summed E-state index contributed by atoms with van der Waals surface area (Å²) in [5.41, 5.74) is 1.95. The van der Waals surface area contributed by atoms with Gasteiger partial charge in [-0.1, -0.05) is 41.2 Å². The van der Waals surface area contributed by atoms with Crippen LogP contribution in [0, 0.1) is 6.92 Å². The highest BCUT2D eigenvalue weighted by Gasteiger charge is 2.32. The number of sulfone groups is 1. The highest BCUT2D eigenvalue weighted by atomic mass is 32.2. The van der Waals surface area contributed by atoms with Crippen molar-refractivity contribution in [3.8, 4) is 0 Å². The summed E-state index contributed by atoms with van der Waals surface area (Å²) in [5.74, 6) is -0.729. The molecule has 1 aliphatic heterocycles. The van der Waals surface area contributed by atoms with Gasteiger partial charge in [-0.2, -0.15) is 0 Å². The zero-order chi connectivity index (χ0) is 19.7. The Bertz CT molecular complexity index is 1070. The smallest absolute Gasteiger partial charge is 0.307 e. The average Bonchev–Trinajstić information content (AvgIpc) is 3.06. The fourth-order valence-electron chi connectivity index (χ4n) is 2.99. The van der Waals surface area contributed by atoms with Crippen molar-refractivity contribution in [1.82, 2.24) is 4.98 Å². The number of aryl methyl sites for hydroxylation is 1. The lowest BCUT2D eigenvalue weighted by atomic mass is 10.2. The van der Waals surface area contributed by atoms with Gasteiger partial charge in [-0.25, -0.2) is 13.4 Å². The van der Waals surface area contributed by atoms with Gasteiger partial charge >= 0.3 is 5.97 Å². The Balaban J connectivity index is 1.26. The predicted molar refractivity (Wildman–Crippen MR) is 110 cm³/mol. The van der Waals surface area contributed by atoms with Crippen LogP contribution in [-0.4, -0.2) is 44.3 Å². The number of ether oxygens (including phenoxy) is 1. The molecule has 0 aliphatic carbocycles. The quantitative estimate of drug-likeness (QED) is 0.575. The van der Waals surface area contributed by atoms with Crippen LogP contribution < -0.4 is 4.90 Å². The van der Waals surface area contributed by atoms with Crippen molar-refractivity contribution in [2.75, 3.05) is 23.7 Å². The van der Waals surface area contributed by atoms with E-state index in [9.17, 15) is 13.2 Å². The largest absolute Gasteiger partial charge is 0.459 e. The van der Waals surface area contributed by atoms with Crippen LogP contribution in [0.25, 0.3) is 10.2 Å². The lowest BCUT2D eigenvalue weighted by Crippen LogP contribution is -2.53. The van der Waals surface area contributed by atoms with Gasteiger partial charge < -0.3 is 9.64 Å². The summed E-state index contributed by atoms with van der Waals surface area (Å²) in [6.45, 7) is 3.05. The standard InChI is InChI=1S/C20H20N2O4S2/c1-14-6-8-16(9-7-14)28(24,25)11-10-19(23)26-15-12-22(13-15)20-21-17-4-2-3-5-18(17)27-20/h2-9,15H,10-13H2,1H3. The van der Waals surface area contributed by atoms with E-state index in [-0.39, 0.29) is 23.2 Å². The van der Waals surface area contributed by atoms with Crippen molar-refractivity contribution in [1.29, 1.82) is 0 Å². The average molecular weight is 417 g/mol. The predicted octanol–water partition coefficient (Wildman–Crippen LogP) is 3.20. The van der Waals surface area contributed by atoms with Crippen LogP contribution in [0.4, 0.5) is 5.13 Å². The molecule has 146 valence electrons. The lowest BCUT2D eigenvalue weighted by molar-refractivity contribution is -0.149. The van der Waals surface area contributed by atoms with Crippen LogP contribution in [0.1, 0.15) is 12.0 Å². The zero-order valence-electron chi connectivity index (χ0n) is 15.4. The second kappa shape index (κ2) is 7.52. The SMILES string of the molecule is Cc1ccc(S(=O)(=O)CCC(=O)OC2CN(c3nc4ccccc4s3)C2)cc1. The van der Waals surface area contributed by atoms with Crippen molar-refractivity contribution < 1.29 is 17.9 Å². The van der Waals surface area contributed by atoms with Crippen LogP contribution >= 0.6 is 11.3 Å². The number of aromatic nitrogens is 1. The number of anilines is 1. The van der Waals surface area contributed by atoms with Gasteiger partial charge in [0.25, 0.3) is 0 Å². The number of benzene rings is 2. The molecule has 0 unspecified atom stereocenters. The van der Waals surface area contributed by atoms with Crippen molar-refractivity contribution >= 4 is 42.5 Å². The molecule has 1 fully saturated rings. The first-order valence-corrected chi connectivity index (χ1v) is 11.5.